The van der Waals surface area contributed by atoms with Crippen molar-refractivity contribution in [1.29, 1.82) is 0 Å². The van der Waals surface area contributed by atoms with Gasteiger partial charge in [0.15, 0.2) is 0 Å². The van der Waals surface area contributed by atoms with E-state index in [2.05, 4.69) is 4.98 Å². The van der Waals surface area contributed by atoms with Gasteiger partial charge >= 0.3 is 5.97 Å². The Bertz CT molecular complexity index is 390. The molecule has 0 amide bonds. The van der Waals surface area contributed by atoms with E-state index in [4.69, 9.17) is 4.42 Å². The smallest absolute Gasteiger partial charge is 0.323 e. The zero-order valence-electron chi connectivity index (χ0n) is 11.1. The molecule has 1 N–H and O–H groups in total. The van der Waals surface area contributed by atoms with Crippen LogP contribution in [0.1, 0.15) is 38.1 Å². The molecule has 0 fully saturated rings. The summed E-state index contributed by atoms with van der Waals surface area (Å²) < 4.78 is 5.48. The van der Waals surface area contributed by atoms with Gasteiger partial charge in [0.25, 0.3) is 0 Å². The molecule has 0 bridgehead atoms. The molecule has 5 nitrogen and oxygen atoms in total. The molecule has 1 rings (SSSR count). The summed E-state index contributed by atoms with van der Waals surface area (Å²) in [4.78, 5) is 17.3. The van der Waals surface area contributed by atoms with Gasteiger partial charge in [0, 0.05) is 0 Å². The maximum absolute atomic E-state index is 11.2. The van der Waals surface area contributed by atoms with Gasteiger partial charge in [-0.25, -0.2) is 4.98 Å². The van der Waals surface area contributed by atoms with Crippen LogP contribution in [0.2, 0.25) is 0 Å². The van der Waals surface area contributed by atoms with Crippen LogP contribution in [0.5, 0.6) is 0 Å². The summed E-state index contributed by atoms with van der Waals surface area (Å²) in [6.45, 7) is 10.0. The van der Waals surface area contributed by atoms with Crippen molar-refractivity contribution in [3.63, 3.8) is 0 Å². The molecule has 5 heteroatoms. The second-order valence-corrected chi connectivity index (χ2v) is 4.63. The summed E-state index contributed by atoms with van der Waals surface area (Å²) in [6, 6.07) is 0. The van der Waals surface area contributed by atoms with E-state index in [9.17, 15) is 9.90 Å². The molecule has 0 atom stereocenters. The molecule has 0 saturated carbocycles. The molecule has 1 aromatic heterocycles. The quantitative estimate of drug-likeness (QED) is 0.852. The van der Waals surface area contributed by atoms with Crippen molar-refractivity contribution in [2.45, 2.75) is 46.7 Å². The van der Waals surface area contributed by atoms with Crippen LogP contribution in [0, 0.1) is 13.8 Å². The molecular weight excluding hydrogens is 220 g/mol. The number of aryl methyl sites for hydroxylation is 2. The number of carboxylic acids is 1. The number of likely N-dealkylation sites (N-methyl/N-ethyl adjacent to an activating group) is 1. The minimum Gasteiger partial charge on any atom is -0.480 e. The van der Waals surface area contributed by atoms with E-state index in [1.54, 1.807) is 13.8 Å². The van der Waals surface area contributed by atoms with Crippen molar-refractivity contribution in [3.8, 4) is 0 Å². The van der Waals surface area contributed by atoms with E-state index in [0.29, 0.717) is 19.0 Å². The summed E-state index contributed by atoms with van der Waals surface area (Å²) in [7, 11) is 0. The molecule has 0 radical (unpaired) electrons. The first-order chi connectivity index (χ1) is 7.78. The van der Waals surface area contributed by atoms with E-state index < -0.39 is 11.5 Å². The zero-order valence-corrected chi connectivity index (χ0v) is 11.1. The van der Waals surface area contributed by atoms with E-state index in [0.717, 1.165) is 11.5 Å². The molecule has 0 spiro atoms. The Kier molecular flexibility index (Phi) is 3.93. The number of rotatable bonds is 5. The van der Waals surface area contributed by atoms with Gasteiger partial charge in [0.1, 0.15) is 11.3 Å². The van der Waals surface area contributed by atoms with Crippen molar-refractivity contribution >= 4 is 5.97 Å². The summed E-state index contributed by atoms with van der Waals surface area (Å²) >= 11 is 0. The van der Waals surface area contributed by atoms with E-state index in [1.165, 1.54) is 0 Å². The summed E-state index contributed by atoms with van der Waals surface area (Å²) in [5.74, 6) is 0.500. The minimum absolute atomic E-state index is 0.407. The fourth-order valence-corrected chi connectivity index (χ4v) is 1.61. The molecule has 1 aromatic rings. The number of nitrogens with zero attached hydrogens (tertiary/aromatic N) is 2. The topological polar surface area (TPSA) is 66.6 Å². The maximum Gasteiger partial charge on any atom is 0.323 e. The number of hydrogen-bond acceptors (Lipinski definition) is 4. The Morgan fingerprint density at radius 2 is 2.06 bits per heavy atom. The number of carbonyl (C=O) groups is 1. The van der Waals surface area contributed by atoms with Crippen molar-refractivity contribution < 1.29 is 14.3 Å². The van der Waals surface area contributed by atoms with Crippen LogP contribution in [0.3, 0.4) is 0 Å². The van der Waals surface area contributed by atoms with Gasteiger partial charge in [-0.15, -0.1) is 0 Å². The third-order valence-corrected chi connectivity index (χ3v) is 3.09. The Hall–Kier alpha value is -1.36. The number of carboxylic acid groups (broad SMARTS) is 1. The maximum atomic E-state index is 11.2. The van der Waals surface area contributed by atoms with Gasteiger partial charge in [-0.2, -0.15) is 0 Å². The van der Waals surface area contributed by atoms with Crippen LogP contribution >= 0.6 is 0 Å². The number of aromatic nitrogens is 1. The lowest BCUT2D eigenvalue weighted by Crippen LogP contribution is -2.49. The third-order valence-electron chi connectivity index (χ3n) is 3.09. The zero-order chi connectivity index (χ0) is 13.2. The van der Waals surface area contributed by atoms with Crippen molar-refractivity contribution in [1.82, 2.24) is 9.88 Å². The SMILES string of the molecule is CCN(Cc1nc(C)c(C)o1)C(C)(C)C(=O)O. The highest BCUT2D eigenvalue weighted by Crippen LogP contribution is 2.19. The fourth-order valence-electron chi connectivity index (χ4n) is 1.61. The van der Waals surface area contributed by atoms with Gasteiger partial charge in [0.05, 0.1) is 12.2 Å². The third kappa shape index (κ3) is 2.85. The molecule has 17 heavy (non-hydrogen) atoms. The number of oxazole rings is 1. The molecule has 0 unspecified atom stereocenters. The molecule has 0 aliphatic heterocycles. The van der Waals surface area contributed by atoms with Crippen LogP contribution in [0.25, 0.3) is 0 Å². The monoisotopic (exact) mass is 240 g/mol. The standard InChI is InChI=1S/C12H20N2O3/c1-6-14(12(4,5)11(15)16)7-10-13-8(2)9(3)17-10/h6-7H2,1-5H3,(H,15,16). The van der Waals surface area contributed by atoms with Gasteiger partial charge < -0.3 is 9.52 Å². The minimum atomic E-state index is -0.926. The van der Waals surface area contributed by atoms with Crippen molar-refractivity contribution in [2.24, 2.45) is 0 Å². The summed E-state index contributed by atoms with van der Waals surface area (Å²) in [5.41, 5.74) is -0.0745. The van der Waals surface area contributed by atoms with Crippen LogP contribution < -0.4 is 0 Å². The lowest BCUT2D eigenvalue weighted by Gasteiger charge is -2.32. The average molecular weight is 240 g/mol. The van der Waals surface area contributed by atoms with Crippen LogP contribution in [-0.4, -0.2) is 33.0 Å². The molecule has 0 aliphatic carbocycles. The summed E-state index contributed by atoms with van der Waals surface area (Å²) in [5, 5.41) is 9.19. The Morgan fingerprint density at radius 3 is 2.41 bits per heavy atom. The Morgan fingerprint density at radius 1 is 1.47 bits per heavy atom. The van der Waals surface area contributed by atoms with Crippen LogP contribution in [0.15, 0.2) is 4.42 Å². The predicted octanol–water partition coefficient (Wildman–Crippen LogP) is 1.98. The first-order valence-electron chi connectivity index (χ1n) is 5.70. The highest BCUT2D eigenvalue weighted by Gasteiger charge is 2.34. The Labute approximate surface area is 101 Å². The largest absolute Gasteiger partial charge is 0.480 e. The van der Waals surface area contributed by atoms with Gasteiger partial charge in [-0.1, -0.05) is 6.92 Å². The molecular formula is C12H20N2O3. The van der Waals surface area contributed by atoms with Gasteiger partial charge in [-0.3, -0.25) is 9.69 Å². The molecule has 0 aromatic carbocycles. The lowest BCUT2D eigenvalue weighted by atomic mass is 10.0. The number of aliphatic carboxylic acids is 1. The van der Waals surface area contributed by atoms with Gasteiger partial charge in [-0.05, 0) is 34.2 Å². The Balaban J connectivity index is 2.87. The fraction of sp³-hybridized carbons (Fsp3) is 0.667. The normalized spacial score (nSPS) is 12.1. The highest BCUT2D eigenvalue weighted by atomic mass is 16.4. The van der Waals surface area contributed by atoms with E-state index >= 15 is 0 Å². The second kappa shape index (κ2) is 4.87. The van der Waals surface area contributed by atoms with E-state index in [1.807, 2.05) is 25.7 Å². The molecule has 1 heterocycles. The van der Waals surface area contributed by atoms with E-state index in [-0.39, 0.29) is 0 Å². The van der Waals surface area contributed by atoms with Crippen molar-refractivity contribution in [2.75, 3.05) is 6.54 Å². The molecule has 0 aliphatic rings. The second-order valence-electron chi connectivity index (χ2n) is 4.63. The first kappa shape index (κ1) is 13.7. The van der Waals surface area contributed by atoms with Crippen molar-refractivity contribution in [3.05, 3.63) is 17.3 Å². The van der Waals surface area contributed by atoms with Crippen LogP contribution in [-0.2, 0) is 11.3 Å². The van der Waals surface area contributed by atoms with Gasteiger partial charge in [0.2, 0.25) is 5.89 Å². The average Bonchev–Trinajstić information content (AvgIpc) is 2.54. The van der Waals surface area contributed by atoms with Crippen LogP contribution in [0.4, 0.5) is 0 Å². The first-order valence-corrected chi connectivity index (χ1v) is 5.70. The number of hydrogen-bond donors (Lipinski definition) is 1. The lowest BCUT2D eigenvalue weighted by molar-refractivity contribution is -0.149. The highest BCUT2D eigenvalue weighted by molar-refractivity contribution is 5.77. The predicted molar refractivity (Wildman–Crippen MR) is 63.8 cm³/mol. The summed E-state index contributed by atoms with van der Waals surface area (Å²) in [6.07, 6.45) is 0. The molecule has 96 valence electrons. The molecule has 0 saturated heterocycles.